The van der Waals surface area contributed by atoms with Crippen LogP contribution in [0.4, 0.5) is 5.69 Å². The van der Waals surface area contributed by atoms with Gasteiger partial charge in [0.2, 0.25) is 0 Å². The summed E-state index contributed by atoms with van der Waals surface area (Å²) in [7, 11) is 0. The smallest absolute Gasteiger partial charge is 0.274 e. The largest absolute Gasteiger partial charge is 0.394 e. The minimum absolute atomic E-state index is 0.0171. The summed E-state index contributed by atoms with van der Waals surface area (Å²) < 4.78 is 15.8. The zero-order chi connectivity index (χ0) is 33.1. The van der Waals surface area contributed by atoms with Crippen molar-refractivity contribution >= 4 is 37.5 Å². The predicted octanol–water partition coefficient (Wildman–Crippen LogP) is 7.75. The number of nitrogen functional groups attached to an aromatic ring is 1. The summed E-state index contributed by atoms with van der Waals surface area (Å²) in [5, 5.41) is 7.96. The Morgan fingerprint density at radius 2 is 1.07 bits per heavy atom. The van der Waals surface area contributed by atoms with Crippen LogP contribution in [0.1, 0.15) is 39.6 Å². The summed E-state index contributed by atoms with van der Waals surface area (Å²) >= 11 is 6.83. The third-order valence-corrected chi connectivity index (χ3v) is 8.61. The molecule has 2 aromatic carbocycles. The van der Waals surface area contributed by atoms with E-state index in [0.717, 1.165) is 59.5 Å². The highest BCUT2D eigenvalue weighted by Gasteiger charge is 2.16. The molecule has 2 N–H and O–H groups in total. The number of nitrogens with two attached hydrogens (primary N) is 1. The lowest BCUT2D eigenvalue weighted by molar-refractivity contribution is 0.393. The van der Waals surface area contributed by atoms with Crippen molar-refractivity contribution in [3.8, 4) is 22.3 Å². The Hall–Kier alpha value is -4.48. The van der Waals surface area contributed by atoms with Gasteiger partial charge < -0.3 is 23.9 Å². The molecule has 0 spiro atoms. The van der Waals surface area contributed by atoms with Gasteiger partial charge in [-0.25, -0.2) is 0 Å². The van der Waals surface area contributed by atoms with Crippen LogP contribution in [0.15, 0.2) is 101 Å². The first-order chi connectivity index (χ1) is 21.9. The van der Waals surface area contributed by atoms with E-state index >= 15 is 0 Å². The first kappa shape index (κ1) is 32.9. The predicted molar refractivity (Wildman–Crippen MR) is 187 cm³/mol. The number of aromatic nitrogens is 4. The number of benzene rings is 2. The van der Waals surface area contributed by atoms with Crippen molar-refractivity contribution in [2.24, 2.45) is 0 Å². The Kier molecular flexibility index (Phi) is 9.93. The number of nitrogens with zero attached hydrogens (tertiary/aromatic N) is 4. The van der Waals surface area contributed by atoms with E-state index in [-0.39, 0.29) is 16.8 Å². The molecule has 0 saturated heterocycles. The molecule has 0 fully saturated rings. The molecule has 0 aliphatic heterocycles. The molecule has 0 saturated carbocycles. The molecular formula is C35H33Br2N5O4. The number of rotatable bonds is 6. The van der Waals surface area contributed by atoms with Crippen LogP contribution in [0.25, 0.3) is 22.3 Å². The Morgan fingerprint density at radius 3 is 1.48 bits per heavy atom. The summed E-state index contributed by atoms with van der Waals surface area (Å²) in [6.45, 7) is 10.3. The van der Waals surface area contributed by atoms with Gasteiger partial charge in [-0.2, -0.15) is 0 Å². The van der Waals surface area contributed by atoms with E-state index in [9.17, 15) is 9.59 Å². The molecular weight excluding hydrogens is 714 g/mol. The fourth-order valence-corrected chi connectivity index (χ4v) is 5.84. The number of aryl methyl sites for hydroxylation is 5. The van der Waals surface area contributed by atoms with E-state index in [2.05, 4.69) is 42.2 Å². The number of pyridine rings is 2. The third kappa shape index (κ3) is 7.32. The van der Waals surface area contributed by atoms with Crippen LogP contribution in [-0.2, 0) is 13.1 Å². The van der Waals surface area contributed by atoms with Crippen molar-refractivity contribution in [1.82, 2.24) is 19.4 Å². The van der Waals surface area contributed by atoms with Crippen LogP contribution < -0.4 is 16.9 Å². The minimum atomic E-state index is -0.205. The molecule has 0 bridgehead atoms. The summed E-state index contributed by atoms with van der Waals surface area (Å²) in [5.41, 5.74) is 14.0. The standard InChI is InChI=1S/C18H17BrN2O2.C17H16BrN3O2/c1-11-8-15(17-12(2)20-23-13(17)3)10-21(18(11)22)9-14-4-6-16(19)7-5-14;1-10-16(11(2)23-20-10)13-7-15(19)17(22)21(9-13)8-12-3-5-14(18)6-4-12/h4-8,10H,9H2,1-3H3;3-7,9H,8,19H2,1-2H3. The fourth-order valence-electron chi connectivity index (χ4n) is 5.32. The molecule has 0 aliphatic rings. The van der Waals surface area contributed by atoms with Gasteiger partial charge in [-0.05, 0) is 82.1 Å². The van der Waals surface area contributed by atoms with Gasteiger partial charge in [-0.15, -0.1) is 0 Å². The highest BCUT2D eigenvalue weighted by atomic mass is 79.9. The molecule has 6 aromatic rings. The maximum absolute atomic E-state index is 12.4. The van der Waals surface area contributed by atoms with Crippen LogP contribution in [-0.4, -0.2) is 19.4 Å². The SMILES string of the molecule is Cc1noc(C)c1-c1cc(C)c(=O)n(Cc2ccc(Br)cc2)c1.Cc1noc(C)c1-c1cc(N)c(=O)n(Cc2ccc(Br)cc2)c1. The van der Waals surface area contributed by atoms with Crippen molar-refractivity contribution < 1.29 is 9.05 Å². The van der Waals surface area contributed by atoms with Crippen molar-refractivity contribution in [2.75, 3.05) is 5.73 Å². The maximum atomic E-state index is 12.4. The average Bonchev–Trinajstić information content (AvgIpc) is 3.54. The number of anilines is 1. The lowest BCUT2D eigenvalue weighted by Crippen LogP contribution is -2.23. The summed E-state index contributed by atoms with van der Waals surface area (Å²) in [6.07, 6.45) is 3.68. The summed E-state index contributed by atoms with van der Waals surface area (Å²) in [4.78, 5) is 24.8. The molecule has 46 heavy (non-hydrogen) atoms. The Morgan fingerprint density at radius 1 is 0.652 bits per heavy atom. The minimum Gasteiger partial charge on any atom is -0.394 e. The van der Waals surface area contributed by atoms with Gasteiger partial charge in [0.15, 0.2) is 0 Å². The van der Waals surface area contributed by atoms with Crippen molar-refractivity contribution in [1.29, 1.82) is 0 Å². The van der Waals surface area contributed by atoms with Crippen LogP contribution in [0.2, 0.25) is 0 Å². The topological polar surface area (TPSA) is 122 Å². The highest BCUT2D eigenvalue weighted by molar-refractivity contribution is 9.10. The summed E-state index contributed by atoms with van der Waals surface area (Å²) in [6, 6.07) is 19.4. The molecule has 0 amide bonds. The highest BCUT2D eigenvalue weighted by Crippen LogP contribution is 2.28. The monoisotopic (exact) mass is 745 g/mol. The molecule has 0 atom stereocenters. The van der Waals surface area contributed by atoms with E-state index in [0.29, 0.717) is 24.4 Å². The quantitative estimate of drug-likeness (QED) is 0.185. The number of halogens is 2. The first-order valence-electron chi connectivity index (χ1n) is 14.5. The van der Waals surface area contributed by atoms with Crippen molar-refractivity contribution in [3.63, 3.8) is 0 Å². The lowest BCUT2D eigenvalue weighted by atomic mass is 10.0. The van der Waals surface area contributed by atoms with Crippen LogP contribution >= 0.6 is 31.9 Å². The molecule has 6 rings (SSSR count). The van der Waals surface area contributed by atoms with Crippen LogP contribution in [0.5, 0.6) is 0 Å². The van der Waals surface area contributed by atoms with Crippen molar-refractivity contribution in [3.05, 3.63) is 142 Å². The second-order valence-electron chi connectivity index (χ2n) is 11.1. The Labute approximate surface area is 282 Å². The van der Waals surface area contributed by atoms with Crippen LogP contribution in [0, 0.1) is 34.6 Å². The van der Waals surface area contributed by atoms with E-state index in [4.69, 9.17) is 14.8 Å². The second kappa shape index (κ2) is 13.9. The summed E-state index contributed by atoms with van der Waals surface area (Å²) in [5.74, 6) is 1.46. The normalized spacial score (nSPS) is 10.9. The molecule has 0 radical (unpaired) electrons. The second-order valence-corrected chi connectivity index (χ2v) is 12.9. The molecule has 4 aromatic heterocycles. The van der Waals surface area contributed by atoms with Gasteiger partial charge in [0.1, 0.15) is 11.5 Å². The molecule has 0 aliphatic carbocycles. The van der Waals surface area contributed by atoms with E-state index in [1.54, 1.807) is 21.4 Å². The van der Waals surface area contributed by atoms with Gasteiger partial charge in [-0.1, -0.05) is 66.4 Å². The van der Waals surface area contributed by atoms with E-state index < -0.39 is 0 Å². The molecule has 0 unspecified atom stereocenters. The molecule has 4 heterocycles. The van der Waals surface area contributed by atoms with Gasteiger partial charge in [0, 0.05) is 49.2 Å². The fraction of sp³-hybridized carbons (Fsp3) is 0.200. The number of hydrogen-bond donors (Lipinski definition) is 1. The molecule has 11 heteroatoms. The van der Waals surface area contributed by atoms with Crippen molar-refractivity contribution in [2.45, 2.75) is 47.7 Å². The van der Waals surface area contributed by atoms with Gasteiger partial charge >= 0.3 is 0 Å². The zero-order valence-corrected chi connectivity index (χ0v) is 29.3. The van der Waals surface area contributed by atoms with Crippen LogP contribution in [0.3, 0.4) is 0 Å². The van der Waals surface area contributed by atoms with E-state index in [1.807, 2.05) is 95.4 Å². The third-order valence-electron chi connectivity index (χ3n) is 7.56. The maximum Gasteiger partial charge on any atom is 0.274 e. The van der Waals surface area contributed by atoms with Gasteiger partial charge in [0.05, 0.1) is 30.2 Å². The Balaban J connectivity index is 0.000000181. The molecule has 236 valence electrons. The first-order valence-corrected chi connectivity index (χ1v) is 16.1. The Bertz CT molecular complexity index is 1930. The van der Waals surface area contributed by atoms with Gasteiger partial charge in [0.25, 0.3) is 11.1 Å². The van der Waals surface area contributed by atoms with Gasteiger partial charge in [-0.3, -0.25) is 9.59 Å². The lowest BCUT2D eigenvalue weighted by Gasteiger charge is -2.10. The average molecular weight is 747 g/mol. The molecule has 9 nitrogen and oxygen atoms in total. The number of hydrogen-bond acceptors (Lipinski definition) is 7. The van der Waals surface area contributed by atoms with E-state index in [1.165, 1.54) is 0 Å². The zero-order valence-electron chi connectivity index (χ0n) is 26.1.